The lowest BCUT2D eigenvalue weighted by molar-refractivity contribution is -0.122. The highest BCUT2D eigenvalue weighted by molar-refractivity contribution is 5.97. The summed E-state index contributed by atoms with van der Waals surface area (Å²) in [5, 5.41) is 6.34. The molecule has 6 nitrogen and oxygen atoms in total. The molecule has 1 atom stereocenters. The smallest absolute Gasteiger partial charge is 0.262 e. The molecule has 0 aliphatic carbocycles. The van der Waals surface area contributed by atoms with Crippen molar-refractivity contribution in [3.05, 3.63) is 60.1 Å². The number of hydrogen-bond acceptors (Lipinski definition) is 4. The van der Waals surface area contributed by atoms with Crippen molar-refractivity contribution in [1.82, 2.24) is 10.7 Å². The molecule has 0 aliphatic rings. The zero-order valence-electron chi connectivity index (χ0n) is 11.4. The summed E-state index contributed by atoms with van der Waals surface area (Å²) in [6, 6.07) is 11.4. The molecule has 21 heavy (non-hydrogen) atoms. The van der Waals surface area contributed by atoms with Gasteiger partial charge in [-0.15, -0.1) is 0 Å². The topological polar surface area (TPSA) is 83.7 Å². The van der Waals surface area contributed by atoms with E-state index >= 15 is 0 Å². The van der Waals surface area contributed by atoms with E-state index in [-0.39, 0.29) is 5.91 Å². The third kappa shape index (κ3) is 4.31. The lowest BCUT2D eigenvalue weighted by Crippen LogP contribution is -2.43. The van der Waals surface area contributed by atoms with Crippen LogP contribution in [0.4, 0.5) is 0 Å². The first-order valence-corrected chi connectivity index (χ1v) is 6.39. The zero-order chi connectivity index (χ0) is 15.1. The molecule has 0 fully saturated rings. The Morgan fingerprint density at radius 3 is 2.62 bits per heavy atom. The highest BCUT2D eigenvalue weighted by atomic mass is 16.3. The minimum absolute atomic E-state index is 0.312. The van der Waals surface area contributed by atoms with Crippen LogP contribution in [0.25, 0.3) is 0 Å². The molecule has 0 unspecified atom stereocenters. The van der Waals surface area contributed by atoms with Gasteiger partial charge in [0.05, 0.1) is 12.5 Å². The van der Waals surface area contributed by atoms with Crippen LogP contribution in [0, 0.1) is 0 Å². The number of benzene rings is 1. The van der Waals surface area contributed by atoms with Crippen LogP contribution in [-0.2, 0) is 4.79 Å². The molecule has 2 N–H and O–H groups in total. The molecular formula is C15H15N3O3. The minimum Gasteiger partial charge on any atom is -0.463 e. The monoisotopic (exact) mass is 285 g/mol. The molecule has 0 saturated heterocycles. The number of carbonyl (C=O) groups excluding carboxylic acids is 2. The summed E-state index contributed by atoms with van der Waals surface area (Å²) in [5.74, 6) is -0.202. The highest BCUT2D eigenvalue weighted by Gasteiger charge is 2.15. The van der Waals surface area contributed by atoms with E-state index in [0.717, 1.165) is 0 Å². The molecule has 2 amide bonds. The maximum atomic E-state index is 11.9. The van der Waals surface area contributed by atoms with Crippen molar-refractivity contribution in [2.24, 2.45) is 5.10 Å². The average Bonchev–Trinajstić information content (AvgIpc) is 3.01. The van der Waals surface area contributed by atoms with Gasteiger partial charge in [-0.3, -0.25) is 9.59 Å². The second-order valence-electron chi connectivity index (χ2n) is 4.31. The second-order valence-corrected chi connectivity index (χ2v) is 4.31. The number of hydrogen-bond donors (Lipinski definition) is 2. The molecule has 1 aromatic heterocycles. The fourth-order valence-corrected chi connectivity index (χ4v) is 1.56. The molecule has 0 radical (unpaired) electrons. The summed E-state index contributed by atoms with van der Waals surface area (Å²) in [7, 11) is 0. The van der Waals surface area contributed by atoms with Crippen molar-refractivity contribution >= 4 is 18.0 Å². The minimum atomic E-state index is -0.702. The number of amides is 2. The third-order valence-corrected chi connectivity index (χ3v) is 2.69. The molecule has 0 bridgehead atoms. The first-order valence-electron chi connectivity index (χ1n) is 6.39. The van der Waals surface area contributed by atoms with Gasteiger partial charge in [0.15, 0.2) is 0 Å². The standard InChI is InChI=1S/C15H15N3O3/c1-11(17-15(20)12-6-3-2-4-7-12)14(19)18-16-10-13-8-5-9-21-13/h2-11H,1H3,(H,17,20)(H,18,19)/b16-10-/t11-/m1/s1. The SMILES string of the molecule is C[C@@H](NC(=O)c1ccccc1)C(=O)N/N=C\c1ccco1. The van der Waals surface area contributed by atoms with Gasteiger partial charge in [0.25, 0.3) is 11.8 Å². The molecule has 1 aromatic carbocycles. The summed E-state index contributed by atoms with van der Waals surface area (Å²) in [4.78, 5) is 23.6. The van der Waals surface area contributed by atoms with Crippen molar-refractivity contribution < 1.29 is 14.0 Å². The molecule has 1 heterocycles. The number of furan rings is 1. The van der Waals surface area contributed by atoms with Crippen molar-refractivity contribution in [1.29, 1.82) is 0 Å². The maximum Gasteiger partial charge on any atom is 0.262 e. The van der Waals surface area contributed by atoms with E-state index in [0.29, 0.717) is 11.3 Å². The summed E-state index contributed by atoms with van der Waals surface area (Å²) < 4.78 is 5.03. The lowest BCUT2D eigenvalue weighted by Gasteiger charge is -2.11. The van der Waals surface area contributed by atoms with Crippen LogP contribution in [0.1, 0.15) is 23.0 Å². The number of carbonyl (C=O) groups is 2. The van der Waals surface area contributed by atoms with Gasteiger partial charge in [0, 0.05) is 5.56 Å². The number of nitrogens with one attached hydrogen (secondary N) is 2. The van der Waals surface area contributed by atoms with Gasteiger partial charge in [0.1, 0.15) is 11.8 Å². The summed E-state index contributed by atoms with van der Waals surface area (Å²) >= 11 is 0. The lowest BCUT2D eigenvalue weighted by atomic mass is 10.2. The van der Waals surface area contributed by atoms with Crippen LogP contribution in [0.15, 0.2) is 58.2 Å². The van der Waals surface area contributed by atoms with E-state index in [1.54, 1.807) is 43.3 Å². The van der Waals surface area contributed by atoms with Crippen LogP contribution >= 0.6 is 0 Å². The molecule has 0 saturated carbocycles. The highest BCUT2D eigenvalue weighted by Crippen LogP contribution is 1.99. The Kier molecular flexibility index (Phi) is 4.87. The Labute approximate surface area is 121 Å². The fourth-order valence-electron chi connectivity index (χ4n) is 1.56. The predicted octanol–water partition coefficient (Wildman–Crippen LogP) is 1.55. The van der Waals surface area contributed by atoms with E-state index in [2.05, 4.69) is 15.8 Å². The third-order valence-electron chi connectivity index (χ3n) is 2.69. The predicted molar refractivity (Wildman–Crippen MR) is 77.8 cm³/mol. The molecule has 0 aliphatic heterocycles. The van der Waals surface area contributed by atoms with Gasteiger partial charge in [-0.2, -0.15) is 5.10 Å². The first-order chi connectivity index (χ1) is 10.2. The van der Waals surface area contributed by atoms with Crippen LogP contribution in [0.5, 0.6) is 0 Å². The Morgan fingerprint density at radius 1 is 1.19 bits per heavy atom. The van der Waals surface area contributed by atoms with E-state index in [1.165, 1.54) is 12.5 Å². The van der Waals surface area contributed by atoms with Crippen molar-refractivity contribution in [2.75, 3.05) is 0 Å². The summed E-state index contributed by atoms with van der Waals surface area (Å²) in [6.45, 7) is 1.58. The average molecular weight is 285 g/mol. The van der Waals surface area contributed by atoms with Crippen molar-refractivity contribution in [3.63, 3.8) is 0 Å². The van der Waals surface area contributed by atoms with Crippen LogP contribution in [0.3, 0.4) is 0 Å². The first kappa shape index (κ1) is 14.5. The van der Waals surface area contributed by atoms with E-state index in [4.69, 9.17) is 4.42 Å². The van der Waals surface area contributed by atoms with Crippen molar-refractivity contribution in [2.45, 2.75) is 13.0 Å². The van der Waals surface area contributed by atoms with Gasteiger partial charge < -0.3 is 9.73 Å². The van der Waals surface area contributed by atoms with Crippen LogP contribution in [-0.4, -0.2) is 24.1 Å². The van der Waals surface area contributed by atoms with Gasteiger partial charge in [0.2, 0.25) is 0 Å². The van der Waals surface area contributed by atoms with Gasteiger partial charge in [-0.05, 0) is 31.2 Å². The number of hydrazone groups is 1. The number of rotatable bonds is 5. The molecule has 2 aromatic rings. The molecular weight excluding hydrogens is 270 g/mol. The molecule has 0 spiro atoms. The maximum absolute atomic E-state index is 11.9. The summed E-state index contributed by atoms with van der Waals surface area (Å²) in [6.07, 6.45) is 2.88. The Hall–Kier alpha value is -2.89. The Balaban J connectivity index is 1.84. The fraction of sp³-hybridized carbons (Fsp3) is 0.133. The zero-order valence-corrected chi connectivity index (χ0v) is 11.4. The van der Waals surface area contributed by atoms with E-state index in [1.807, 2.05) is 6.07 Å². The molecule has 6 heteroatoms. The van der Waals surface area contributed by atoms with Crippen LogP contribution in [0.2, 0.25) is 0 Å². The van der Waals surface area contributed by atoms with Gasteiger partial charge in [-0.1, -0.05) is 18.2 Å². The van der Waals surface area contributed by atoms with Gasteiger partial charge >= 0.3 is 0 Å². The Bertz CT molecular complexity index is 621. The normalized spacial score (nSPS) is 12.0. The van der Waals surface area contributed by atoms with E-state index in [9.17, 15) is 9.59 Å². The summed E-state index contributed by atoms with van der Waals surface area (Å²) in [5.41, 5.74) is 2.83. The molecule has 2 rings (SSSR count). The number of nitrogens with zero attached hydrogens (tertiary/aromatic N) is 1. The van der Waals surface area contributed by atoms with E-state index < -0.39 is 11.9 Å². The van der Waals surface area contributed by atoms with Crippen LogP contribution < -0.4 is 10.7 Å². The largest absolute Gasteiger partial charge is 0.463 e. The van der Waals surface area contributed by atoms with Crippen molar-refractivity contribution in [3.8, 4) is 0 Å². The molecule has 108 valence electrons. The Morgan fingerprint density at radius 2 is 1.95 bits per heavy atom. The second kappa shape index (κ2) is 7.04. The quantitative estimate of drug-likeness (QED) is 0.645. The van der Waals surface area contributed by atoms with Gasteiger partial charge in [-0.25, -0.2) is 5.43 Å².